The first-order chi connectivity index (χ1) is 21.3. The number of nitrogens with zero attached hydrogens (tertiary/aromatic N) is 1. The van der Waals surface area contributed by atoms with Gasteiger partial charge in [-0.25, -0.2) is 9.36 Å². The third kappa shape index (κ3) is 7.63. The van der Waals surface area contributed by atoms with E-state index in [4.69, 9.17) is 18.3 Å². The van der Waals surface area contributed by atoms with E-state index in [1.165, 1.54) is 30.4 Å². The minimum absolute atomic E-state index is 0.109. The lowest BCUT2D eigenvalue weighted by Gasteiger charge is -2.43. The number of hydrogen-bond acceptors (Lipinski definition) is 6. The highest BCUT2D eigenvalue weighted by Gasteiger charge is 2.38. The van der Waals surface area contributed by atoms with Crippen molar-refractivity contribution < 1.29 is 27.7 Å². The maximum atomic E-state index is 13.8. The van der Waals surface area contributed by atoms with Gasteiger partial charge >= 0.3 is 13.9 Å². The van der Waals surface area contributed by atoms with Gasteiger partial charge < -0.3 is 9.64 Å². The molecule has 2 fully saturated rings. The Morgan fingerprint density at radius 3 is 2.11 bits per heavy atom. The van der Waals surface area contributed by atoms with Crippen molar-refractivity contribution in [3.05, 3.63) is 101 Å². The second kappa shape index (κ2) is 14.0. The van der Waals surface area contributed by atoms with Crippen LogP contribution in [-0.4, -0.2) is 30.2 Å². The number of phosphoric acid groups is 1. The van der Waals surface area contributed by atoms with Crippen LogP contribution in [0.4, 0.5) is 4.79 Å². The summed E-state index contributed by atoms with van der Waals surface area (Å²) in [6, 6.07) is 25.3. The SMILES string of the molecule is CC1CCC2c3ccc(OC(=O)N4CCC(OP(=O)(OCc5ccccc5)OCc5ccccc5)CC4)cc3C[C@@H](C)C2C1. The molecule has 0 spiro atoms. The number of hydrogen-bond donors (Lipinski definition) is 0. The Labute approximate surface area is 261 Å². The number of rotatable bonds is 9. The summed E-state index contributed by atoms with van der Waals surface area (Å²) in [5, 5.41) is 0. The van der Waals surface area contributed by atoms with E-state index in [2.05, 4.69) is 26.0 Å². The lowest BCUT2D eigenvalue weighted by molar-refractivity contribution is 0.0401. The van der Waals surface area contributed by atoms with Crippen LogP contribution in [-0.2, 0) is 37.8 Å². The normalized spacial score (nSPS) is 23.9. The first kappa shape index (κ1) is 31.0. The molecule has 234 valence electrons. The van der Waals surface area contributed by atoms with E-state index in [1.807, 2.05) is 66.7 Å². The van der Waals surface area contributed by atoms with Crippen LogP contribution in [0.1, 0.15) is 74.1 Å². The quantitative estimate of drug-likeness (QED) is 0.223. The highest BCUT2D eigenvalue weighted by molar-refractivity contribution is 7.48. The van der Waals surface area contributed by atoms with Crippen molar-refractivity contribution in [3.63, 3.8) is 0 Å². The van der Waals surface area contributed by atoms with Gasteiger partial charge in [-0.15, -0.1) is 0 Å². The first-order valence-electron chi connectivity index (χ1n) is 16.1. The zero-order chi connectivity index (χ0) is 30.5. The van der Waals surface area contributed by atoms with Crippen LogP contribution in [0.5, 0.6) is 5.75 Å². The highest BCUT2D eigenvalue weighted by Crippen LogP contribution is 2.53. The molecule has 1 saturated heterocycles. The number of phosphoric ester groups is 1. The molecule has 6 rings (SSSR count). The van der Waals surface area contributed by atoms with Crippen molar-refractivity contribution in [3.8, 4) is 5.75 Å². The molecule has 8 heteroatoms. The monoisotopic (exact) mass is 617 g/mol. The standard InChI is InChI=1S/C36H44NO6P/c1-26-13-15-34-33-16-14-32(23-30(33)22-27(2)35(34)21-26)42-36(38)37-19-17-31(18-20-37)43-44(39,40-24-28-9-5-3-6-10-28)41-25-29-11-7-4-8-12-29/h3-12,14,16,23,26-27,31,34-35H,13,15,17-22,24-25H2,1-2H3/t26?,27-,34?,35?/m1/s1. The lowest BCUT2D eigenvalue weighted by atomic mass is 9.62. The van der Waals surface area contributed by atoms with Crippen molar-refractivity contribution in [1.82, 2.24) is 4.90 Å². The average molecular weight is 618 g/mol. The molecule has 3 unspecified atom stereocenters. The second-order valence-corrected chi connectivity index (χ2v) is 14.5. The van der Waals surface area contributed by atoms with Gasteiger partial charge in [-0.1, -0.05) is 87.0 Å². The minimum Gasteiger partial charge on any atom is -0.410 e. The van der Waals surface area contributed by atoms with Gasteiger partial charge in [-0.05, 0) is 90.2 Å². The number of likely N-dealkylation sites (tertiary alicyclic amines) is 1. The van der Waals surface area contributed by atoms with Gasteiger partial charge in [0.25, 0.3) is 0 Å². The Kier molecular flexibility index (Phi) is 9.87. The van der Waals surface area contributed by atoms with Crippen LogP contribution in [0, 0.1) is 17.8 Å². The largest absolute Gasteiger partial charge is 0.475 e. The number of carbonyl (C=O) groups is 1. The van der Waals surface area contributed by atoms with Gasteiger partial charge in [0.2, 0.25) is 0 Å². The summed E-state index contributed by atoms with van der Waals surface area (Å²) in [6.45, 7) is 5.85. The summed E-state index contributed by atoms with van der Waals surface area (Å²) in [5.41, 5.74) is 4.53. The summed E-state index contributed by atoms with van der Waals surface area (Å²) >= 11 is 0. The number of fused-ring (bicyclic) bond motifs is 3. The van der Waals surface area contributed by atoms with Gasteiger partial charge in [0.1, 0.15) is 5.75 Å². The molecule has 4 atom stereocenters. The van der Waals surface area contributed by atoms with E-state index >= 15 is 0 Å². The fourth-order valence-corrected chi connectivity index (χ4v) is 8.55. The molecule has 44 heavy (non-hydrogen) atoms. The van der Waals surface area contributed by atoms with Crippen molar-refractivity contribution in [2.75, 3.05) is 13.1 Å². The summed E-state index contributed by atoms with van der Waals surface area (Å²) in [5.74, 6) is 3.44. The number of piperidine rings is 1. The Balaban J connectivity index is 1.04. The van der Waals surface area contributed by atoms with Crippen LogP contribution in [0.25, 0.3) is 0 Å². The molecule has 0 bridgehead atoms. The van der Waals surface area contributed by atoms with Crippen LogP contribution >= 0.6 is 7.82 Å². The molecule has 0 radical (unpaired) electrons. The molecule has 1 heterocycles. The van der Waals surface area contributed by atoms with E-state index in [0.29, 0.717) is 43.5 Å². The average Bonchev–Trinajstić information content (AvgIpc) is 3.04. The molecule has 1 amide bonds. The van der Waals surface area contributed by atoms with E-state index in [-0.39, 0.29) is 25.4 Å². The predicted octanol–water partition coefficient (Wildman–Crippen LogP) is 8.92. The maximum Gasteiger partial charge on any atom is 0.475 e. The fourth-order valence-electron chi connectivity index (χ4n) is 7.17. The first-order valence-corrected chi connectivity index (χ1v) is 17.6. The van der Waals surface area contributed by atoms with Crippen LogP contribution in [0.2, 0.25) is 0 Å². The van der Waals surface area contributed by atoms with E-state index < -0.39 is 7.82 Å². The molecular weight excluding hydrogens is 573 g/mol. The zero-order valence-corrected chi connectivity index (χ0v) is 26.7. The zero-order valence-electron chi connectivity index (χ0n) is 25.8. The number of carbonyl (C=O) groups excluding carboxylic acids is 1. The third-order valence-electron chi connectivity index (χ3n) is 9.60. The maximum absolute atomic E-state index is 13.8. The van der Waals surface area contributed by atoms with Crippen LogP contribution in [0.3, 0.4) is 0 Å². The van der Waals surface area contributed by atoms with Gasteiger partial charge in [0.15, 0.2) is 0 Å². The van der Waals surface area contributed by atoms with Crippen molar-refractivity contribution in [2.24, 2.45) is 17.8 Å². The lowest BCUT2D eigenvalue weighted by Crippen LogP contribution is -2.42. The molecule has 0 N–H and O–H groups in total. The second-order valence-electron chi connectivity index (χ2n) is 12.9. The molecule has 2 aliphatic carbocycles. The molecule has 1 aliphatic heterocycles. The molecule has 1 saturated carbocycles. The Morgan fingerprint density at radius 2 is 1.48 bits per heavy atom. The number of benzene rings is 3. The summed E-state index contributed by atoms with van der Waals surface area (Å²) in [7, 11) is -3.88. The Morgan fingerprint density at radius 1 is 0.841 bits per heavy atom. The summed E-state index contributed by atoms with van der Waals surface area (Å²) in [4.78, 5) is 14.8. The summed E-state index contributed by atoms with van der Waals surface area (Å²) < 4.78 is 37.2. The van der Waals surface area contributed by atoms with Gasteiger partial charge in [0.05, 0.1) is 19.3 Å². The van der Waals surface area contributed by atoms with Crippen LogP contribution < -0.4 is 4.74 Å². The Bertz CT molecular complexity index is 1390. The Hall–Kier alpha value is -2.96. The van der Waals surface area contributed by atoms with Gasteiger partial charge in [0, 0.05) is 13.1 Å². The summed E-state index contributed by atoms with van der Waals surface area (Å²) in [6.07, 6.45) is 5.18. The van der Waals surface area contributed by atoms with E-state index in [0.717, 1.165) is 29.4 Å². The van der Waals surface area contributed by atoms with Crippen LogP contribution in [0.15, 0.2) is 78.9 Å². The predicted molar refractivity (Wildman–Crippen MR) is 170 cm³/mol. The molecule has 3 aromatic carbocycles. The van der Waals surface area contributed by atoms with E-state index in [9.17, 15) is 9.36 Å². The topological polar surface area (TPSA) is 74.3 Å². The van der Waals surface area contributed by atoms with Crippen molar-refractivity contribution in [2.45, 2.75) is 77.6 Å². The number of ether oxygens (including phenoxy) is 1. The molecule has 7 nitrogen and oxygen atoms in total. The number of amides is 1. The molecule has 0 aromatic heterocycles. The van der Waals surface area contributed by atoms with Gasteiger partial charge in [-0.2, -0.15) is 0 Å². The van der Waals surface area contributed by atoms with E-state index in [1.54, 1.807) is 4.90 Å². The molecule has 3 aliphatic rings. The highest BCUT2D eigenvalue weighted by atomic mass is 31.2. The third-order valence-corrected chi connectivity index (χ3v) is 11.0. The van der Waals surface area contributed by atoms with Gasteiger partial charge in [-0.3, -0.25) is 13.6 Å². The van der Waals surface area contributed by atoms with Crippen molar-refractivity contribution >= 4 is 13.9 Å². The van der Waals surface area contributed by atoms with Crippen molar-refractivity contribution in [1.29, 1.82) is 0 Å². The molecular formula is C36H44NO6P. The fraction of sp³-hybridized carbons (Fsp3) is 0.472. The minimum atomic E-state index is -3.88. The smallest absolute Gasteiger partial charge is 0.410 e. The molecule has 3 aromatic rings.